The molecule has 0 spiro atoms. The highest BCUT2D eigenvalue weighted by Crippen LogP contribution is 2.22. The van der Waals surface area contributed by atoms with Gasteiger partial charge >= 0.3 is 0 Å². The number of carbonyl (C=O) groups excluding carboxylic acids is 1. The Labute approximate surface area is 187 Å². The Morgan fingerprint density at radius 1 is 1.12 bits per heavy atom. The average Bonchev–Trinajstić information content (AvgIpc) is 2.99. The number of amides is 1. The van der Waals surface area contributed by atoms with E-state index in [9.17, 15) is 17.6 Å². The van der Waals surface area contributed by atoms with Crippen LogP contribution in [0.5, 0.6) is 0 Å². The summed E-state index contributed by atoms with van der Waals surface area (Å²) in [6.45, 7) is 5.10. The number of carbonyl (C=O) groups is 1. The zero-order valence-corrected chi connectivity index (χ0v) is 19.1. The third-order valence-electron chi connectivity index (χ3n) is 4.93. The highest BCUT2D eigenvalue weighted by atomic mass is 32.2. The molecule has 0 aliphatic heterocycles. The zero-order valence-electron chi connectivity index (χ0n) is 18.3. The fraction of sp³-hybridized carbons (Fsp3) is 0.217. The number of hydrogen-bond donors (Lipinski definition) is 1. The van der Waals surface area contributed by atoms with Crippen molar-refractivity contribution in [3.8, 4) is 5.69 Å². The molecule has 9 heteroatoms. The van der Waals surface area contributed by atoms with E-state index in [1.807, 2.05) is 32.9 Å². The van der Waals surface area contributed by atoms with Gasteiger partial charge in [0.05, 0.1) is 23.8 Å². The lowest BCUT2D eigenvalue weighted by atomic mass is 10.2. The molecule has 0 radical (unpaired) electrons. The second-order valence-corrected chi connectivity index (χ2v) is 9.42. The van der Waals surface area contributed by atoms with Gasteiger partial charge in [-0.3, -0.25) is 9.10 Å². The Morgan fingerprint density at radius 3 is 2.50 bits per heavy atom. The van der Waals surface area contributed by atoms with E-state index in [0.717, 1.165) is 27.5 Å². The minimum Gasteiger partial charge on any atom is -0.315 e. The van der Waals surface area contributed by atoms with Crippen molar-refractivity contribution < 1.29 is 17.6 Å². The van der Waals surface area contributed by atoms with Gasteiger partial charge in [-0.1, -0.05) is 24.3 Å². The molecule has 7 nitrogen and oxygen atoms in total. The molecule has 1 amide bonds. The lowest BCUT2D eigenvalue weighted by Gasteiger charge is -2.21. The summed E-state index contributed by atoms with van der Waals surface area (Å²) < 4.78 is 41.4. The van der Waals surface area contributed by atoms with Crippen LogP contribution in [-0.4, -0.2) is 37.9 Å². The second-order valence-electron chi connectivity index (χ2n) is 7.52. The summed E-state index contributed by atoms with van der Waals surface area (Å²) in [6, 6.07) is 15.2. The van der Waals surface area contributed by atoms with E-state index >= 15 is 0 Å². The number of hydrazone groups is 1. The molecule has 32 heavy (non-hydrogen) atoms. The van der Waals surface area contributed by atoms with Crippen molar-refractivity contribution in [2.75, 3.05) is 17.1 Å². The first-order valence-corrected chi connectivity index (χ1v) is 11.7. The van der Waals surface area contributed by atoms with Crippen molar-refractivity contribution in [3.05, 3.63) is 82.9 Å². The van der Waals surface area contributed by atoms with Crippen LogP contribution in [0.2, 0.25) is 0 Å². The third-order valence-corrected chi connectivity index (χ3v) is 6.07. The summed E-state index contributed by atoms with van der Waals surface area (Å²) in [4.78, 5) is 12.4. The van der Waals surface area contributed by atoms with E-state index in [1.165, 1.54) is 12.3 Å². The maximum atomic E-state index is 14.2. The van der Waals surface area contributed by atoms with Crippen molar-refractivity contribution in [1.29, 1.82) is 0 Å². The Kier molecular flexibility index (Phi) is 6.78. The lowest BCUT2D eigenvalue weighted by Crippen LogP contribution is -2.39. The predicted octanol–water partition coefficient (Wildman–Crippen LogP) is 3.46. The molecule has 0 saturated heterocycles. The molecule has 3 aromatic rings. The maximum absolute atomic E-state index is 14.2. The van der Waals surface area contributed by atoms with Gasteiger partial charge in [-0.2, -0.15) is 5.10 Å². The molecule has 0 aliphatic rings. The molecule has 3 rings (SSSR count). The quantitative estimate of drug-likeness (QED) is 0.437. The number of anilines is 1. The smallest absolute Gasteiger partial charge is 0.260 e. The molecular weight excluding hydrogens is 431 g/mol. The van der Waals surface area contributed by atoms with E-state index in [1.54, 1.807) is 41.0 Å². The van der Waals surface area contributed by atoms with Crippen molar-refractivity contribution in [2.45, 2.75) is 20.8 Å². The molecule has 0 bridgehead atoms. The number of nitrogens with one attached hydrogen (secondary N) is 1. The number of hydrogen-bond acceptors (Lipinski definition) is 4. The number of para-hydroxylation sites is 1. The summed E-state index contributed by atoms with van der Waals surface area (Å²) in [5.41, 5.74) is 6.33. The van der Waals surface area contributed by atoms with Gasteiger partial charge in [0.25, 0.3) is 5.91 Å². The molecule has 0 atom stereocenters. The van der Waals surface area contributed by atoms with Crippen LogP contribution in [0.3, 0.4) is 0 Å². The van der Waals surface area contributed by atoms with Gasteiger partial charge in [0, 0.05) is 17.0 Å². The topological polar surface area (TPSA) is 83.8 Å². The van der Waals surface area contributed by atoms with Gasteiger partial charge < -0.3 is 4.57 Å². The van der Waals surface area contributed by atoms with E-state index in [-0.39, 0.29) is 5.82 Å². The van der Waals surface area contributed by atoms with E-state index in [0.29, 0.717) is 16.9 Å². The Morgan fingerprint density at radius 2 is 1.84 bits per heavy atom. The molecule has 1 N–H and O–H groups in total. The van der Waals surface area contributed by atoms with Crippen LogP contribution in [0.25, 0.3) is 5.69 Å². The number of aromatic nitrogens is 1. The van der Waals surface area contributed by atoms with Gasteiger partial charge in [-0.25, -0.2) is 18.2 Å². The first-order chi connectivity index (χ1) is 15.1. The van der Waals surface area contributed by atoms with Crippen LogP contribution in [0, 0.1) is 26.6 Å². The third kappa shape index (κ3) is 5.23. The SMILES string of the molecule is Cc1cccc(N(CC(=O)N/N=C/c2cc(C)n(-c3ccccc3F)c2C)S(C)(=O)=O)c1. The maximum Gasteiger partial charge on any atom is 0.260 e. The predicted molar refractivity (Wildman–Crippen MR) is 124 cm³/mol. The standard InChI is InChI=1S/C23H25FN4O3S/c1-16-8-7-9-20(12-16)27(32(4,30)31)15-23(29)26-25-14-19-13-17(2)28(18(19)3)22-11-6-5-10-21(22)24/h5-14H,15H2,1-4H3,(H,26,29)/b25-14+. The molecule has 1 aromatic heterocycles. The number of nitrogens with zero attached hydrogens (tertiary/aromatic N) is 3. The fourth-order valence-electron chi connectivity index (χ4n) is 3.44. The minimum absolute atomic E-state index is 0.344. The lowest BCUT2D eigenvalue weighted by molar-refractivity contribution is -0.119. The average molecular weight is 457 g/mol. The van der Waals surface area contributed by atoms with E-state index in [4.69, 9.17) is 0 Å². The molecule has 0 saturated carbocycles. The van der Waals surface area contributed by atoms with E-state index < -0.39 is 22.5 Å². The Balaban J connectivity index is 1.75. The van der Waals surface area contributed by atoms with Crippen LogP contribution >= 0.6 is 0 Å². The number of rotatable bonds is 7. The van der Waals surface area contributed by atoms with Gasteiger partial charge in [-0.05, 0) is 56.7 Å². The first-order valence-electron chi connectivity index (χ1n) is 9.88. The van der Waals surface area contributed by atoms with Crippen molar-refractivity contribution in [3.63, 3.8) is 0 Å². The molecule has 1 heterocycles. The van der Waals surface area contributed by atoms with Crippen LogP contribution in [0.1, 0.15) is 22.5 Å². The van der Waals surface area contributed by atoms with Crippen molar-refractivity contribution in [1.82, 2.24) is 9.99 Å². The van der Waals surface area contributed by atoms with Gasteiger partial charge in [0.2, 0.25) is 10.0 Å². The molecule has 0 fully saturated rings. The van der Waals surface area contributed by atoms with Gasteiger partial charge in [-0.15, -0.1) is 0 Å². The summed E-state index contributed by atoms with van der Waals surface area (Å²) in [6.07, 6.45) is 2.50. The summed E-state index contributed by atoms with van der Waals surface area (Å²) in [7, 11) is -3.67. The minimum atomic E-state index is -3.67. The Hall–Kier alpha value is -3.46. The molecule has 0 aliphatic carbocycles. The highest BCUT2D eigenvalue weighted by Gasteiger charge is 2.21. The summed E-state index contributed by atoms with van der Waals surface area (Å²) in [5.74, 6) is -0.931. The van der Waals surface area contributed by atoms with Gasteiger partial charge in [0.15, 0.2) is 0 Å². The second kappa shape index (κ2) is 9.35. The largest absolute Gasteiger partial charge is 0.315 e. The first kappa shape index (κ1) is 23.2. The molecule has 168 valence electrons. The van der Waals surface area contributed by atoms with Gasteiger partial charge in [0.1, 0.15) is 12.4 Å². The molecule has 2 aromatic carbocycles. The van der Waals surface area contributed by atoms with Crippen molar-refractivity contribution in [2.24, 2.45) is 5.10 Å². The summed E-state index contributed by atoms with van der Waals surface area (Å²) >= 11 is 0. The normalized spacial score (nSPS) is 11.7. The molecule has 0 unspecified atom stereocenters. The highest BCUT2D eigenvalue weighted by molar-refractivity contribution is 7.92. The number of halogens is 1. The molecular formula is C23H25FN4O3S. The van der Waals surface area contributed by atoms with Crippen LogP contribution in [0.15, 0.2) is 59.7 Å². The Bertz CT molecular complexity index is 1280. The number of sulfonamides is 1. The number of aryl methyl sites for hydroxylation is 2. The fourth-order valence-corrected chi connectivity index (χ4v) is 4.29. The van der Waals surface area contributed by atoms with E-state index in [2.05, 4.69) is 10.5 Å². The number of benzene rings is 2. The van der Waals surface area contributed by atoms with Crippen LogP contribution in [-0.2, 0) is 14.8 Å². The van der Waals surface area contributed by atoms with Crippen molar-refractivity contribution >= 4 is 27.8 Å². The zero-order chi connectivity index (χ0) is 23.5. The monoisotopic (exact) mass is 456 g/mol. The summed E-state index contributed by atoms with van der Waals surface area (Å²) in [5, 5.41) is 3.97. The van der Waals surface area contributed by atoms with Crippen LogP contribution < -0.4 is 9.73 Å². The van der Waals surface area contributed by atoms with Crippen LogP contribution in [0.4, 0.5) is 10.1 Å².